The molecule has 0 fully saturated rings. The minimum atomic E-state index is 0.614. The van der Waals surface area contributed by atoms with Gasteiger partial charge in [-0.15, -0.1) is 0 Å². The van der Waals surface area contributed by atoms with Crippen molar-refractivity contribution < 1.29 is 0 Å². The van der Waals surface area contributed by atoms with Crippen LogP contribution in [0.3, 0.4) is 0 Å². The molecule has 13 rings (SSSR count). The molecule has 0 aliphatic heterocycles. The summed E-state index contributed by atoms with van der Waals surface area (Å²) in [6, 6.07) is 64.2. The van der Waals surface area contributed by atoms with E-state index < -0.39 is 0 Å². The summed E-state index contributed by atoms with van der Waals surface area (Å²) in [6.07, 6.45) is 1.99. The SMILES string of the molecule is c1ccc(-c2nc(-c3ccccc3)nc(-c3cccc(-n4c5ccccc5c5cc6c(cc54)n4ncc5cccc(c7cccc8c9ccccc9n6c78)c54)c3)n2)cc1. The fourth-order valence-corrected chi connectivity index (χ4v) is 9.31. The molecule has 274 valence electrons. The summed E-state index contributed by atoms with van der Waals surface area (Å²) in [4.78, 5) is 15.1. The lowest BCUT2D eigenvalue weighted by Crippen LogP contribution is -2.01. The van der Waals surface area contributed by atoms with Gasteiger partial charge in [-0.1, -0.05) is 146 Å². The molecule has 13 aromatic rings. The largest absolute Gasteiger partial charge is 0.309 e. The van der Waals surface area contributed by atoms with Crippen molar-refractivity contribution in [3.8, 4) is 39.9 Å². The van der Waals surface area contributed by atoms with Crippen molar-refractivity contribution in [2.45, 2.75) is 0 Å². The molecular formula is C52H31N7. The van der Waals surface area contributed by atoms with Crippen molar-refractivity contribution >= 4 is 76.3 Å². The maximum absolute atomic E-state index is 5.13. The van der Waals surface area contributed by atoms with Crippen LogP contribution in [0.4, 0.5) is 0 Å². The van der Waals surface area contributed by atoms with E-state index >= 15 is 0 Å². The first kappa shape index (κ1) is 32.0. The molecule has 0 radical (unpaired) electrons. The minimum Gasteiger partial charge on any atom is -0.309 e. The highest BCUT2D eigenvalue weighted by atomic mass is 15.2. The van der Waals surface area contributed by atoms with Gasteiger partial charge in [0.25, 0.3) is 0 Å². The van der Waals surface area contributed by atoms with E-state index in [1.54, 1.807) is 0 Å². The number of hydrogen-bond acceptors (Lipinski definition) is 4. The molecule has 8 aromatic carbocycles. The molecule has 0 amide bonds. The van der Waals surface area contributed by atoms with Gasteiger partial charge in [0.15, 0.2) is 17.5 Å². The molecule has 5 heterocycles. The van der Waals surface area contributed by atoms with E-state index in [1.807, 2.05) is 66.9 Å². The Morgan fingerprint density at radius 1 is 0.339 bits per heavy atom. The molecule has 0 bridgehead atoms. The van der Waals surface area contributed by atoms with Crippen LogP contribution in [0, 0.1) is 0 Å². The Morgan fingerprint density at radius 3 is 1.61 bits per heavy atom. The molecule has 0 saturated heterocycles. The molecular weight excluding hydrogens is 723 g/mol. The number of para-hydroxylation sites is 4. The molecule has 0 aliphatic carbocycles. The van der Waals surface area contributed by atoms with E-state index in [1.165, 1.54) is 27.1 Å². The number of fused-ring (bicyclic) bond motifs is 10. The maximum atomic E-state index is 5.13. The van der Waals surface area contributed by atoms with Gasteiger partial charge in [0, 0.05) is 60.1 Å². The lowest BCUT2D eigenvalue weighted by Gasteiger charge is -2.13. The standard InChI is InChI=1S/C52H31N7/c1-3-14-32(15-4-1)50-54-51(33-16-5-2-6-17-33)56-52(55-50)34-18-11-20-36(28-34)57-43-26-9-8-22-38(43)42-29-46-47(30-45(42)57)59-48-35(31-53-59)19-12-23-40(48)41-25-13-24-39-37-21-7-10-27-44(37)58(46)49(39)41/h1-31H. The van der Waals surface area contributed by atoms with Crippen LogP contribution in [0.5, 0.6) is 0 Å². The molecule has 0 aliphatic rings. The Hall–Kier alpha value is -8.16. The first-order valence-corrected chi connectivity index (χ1v) is 19.8. The van der Waals surface area contributed by atoms with Crippen molar-refractivity contribution in [2.24, 2.45) is 0 Å². The van der Waals surface area contributed by atoms with Crippen molar-refractivity contribution in [2.75, 3.05) is 0 Å². The Balaban J connectivity index is 1.13. The second kappa shape index (κ2) is 12.2. The first-order chi connectivity index (χ1) is 29.3. The van der Waals surface area contributed by atoms with E-state index in [4.69, 9.17) is 20.1 Å². The summed E-state index contributed by atoms with van der Waals surface area (Å²) < 4.78 is 6.98. The van der Waals surface area contributed by atoms with E-state index in [0.29, 0.717) is 17.5 Å². The van der Waals surface area contributed by atoms with Gasteiger partial charge in [0.2, 0.25) is 0 Å². The van der Waals surface area contributed by atoms with Gasteiger partial charge in [-0.2, -0.15) is 5.10 Å². The molecule has 7 heteroatoms. The molecule has 0 unspecified atom stereocenters. The first-order valence-electron chi connectivity index (χ1n) is 19.8. The second-order valence-corrected chi connectivity index (χ2v) is 15.2. The third-order valence-electron chi connectivity index (χ3n) is 11.9. The van der Waals surface area contributed by atoms with Crippen molar-refractivity contribution in [1.82, 2.24) is 33.5 Å². The molecule has 0 atom stereocenters. The van der Waals surface area contributed by atoms with Crippen LogP contribution in [-0.2, 0) is 0 Å². The van der Waals surface area contributed by atoms with Crippen LogP contribution >= 0.6 is 0 Å². The van der Waals surface area contributed by atoms with Crippen molar-refractivity contribution in [3.05, 3.63) is 188 Å². The van der Waals surface area contributed by atoms with Gasteiger partial charge in [-0.3, -0.25) is 0 Å². The monoisotopic (exact) mass is 753 g/mol. The van der Waals surface area contributed by atoms with Crippen LogP contribution in [0.15, 0.2) is 188 Å². The van der Waals surface area contributed by atoms with Crippen LogP contribution < -0.4 is 0 Å². The van der Waals surface area contributed by atoms with Gasteiger partial charge < -0.3 is 8.97 Å². The average Bonchev–Trinajstić information content (AvgIpc) is 3.99. The predicted octanol–water partition coefficient (Wildman–Crippen LogP) is 12.5. The highest BCUT2D eigenvalue weighted by molar-refractivity contribution is 6.22. The summed E-state index contributed by atoms with van der Waals surface area (Å²) in [7, 11) is 0. The number of nitrogens with zero attached hydrogens (tertiary/aromatic N) is 7. The third kappa shape index (κ3) is 4.64. The zero-order chi connectivity index (χ0) is 38.6. The van der Waals surface area contributed by atoms with E-state index in [-0.39, 0.29) is 0 Å². The summed E-state index contributed by atoms with van der Waals surface area (Å²) in [6.45, 7) is 0. The Kier molecular flexibility index (Phi) is 6.60. The highest BCUT2D eigenvalue weighted by Gasteiger charge is 2.21. The number of hydrogen-bond donors (Lipinski definition) is 0. The Labute approximate surface area is 336 Å². The predicted molar refractivity (Wildman–Crippen MR) is 240 cm³/mol. The lowest BCUT2D eigenvalue weighted by atomic mass is 10.1. The highest BCUT2D eigenvalue weighted by Crippen LogP contribution is 2.41. The quantitative estimate of drug-likeness (QED) is 0.179. The van der Waals surface area contributed by atoms with E-state index in [2.05, 4.69) is 135 Å². The molecule has 59 heavy (non-hydrogen) atoms. The molecule has 0 saturated carbocycles. The zero-order valence-electron chi connectivity index (χ0n) is 31.5. The van der Waals surface area contributed by atoms with Crippen LogP contribution in [0.1, 0.15) is 0 Å². The smallest absolute Gasteiger partial charge is 0.164 e. The van der Waals surface area contributed by atoms with Gasteiger partial charge in [0.05, 0.1) is 44.8 Å². The van der Waals surface area contributed by atoms with Crippen LogP contribution in [-0.4, -0.2) is 33.5 Å². The van der Waals surface area contributed by atoms with Crippen molar-refractivity contribution in [1.29, 1.82) is 0 Å². The van der Waals surface area contributed by atoms with E-state index in [9.17, 15) is 0 Å². The Bertz CT molecular complexity index is 3780. The number of benzene rings is 8. The summed E-state index contributed by atoms with van der Waals surface area (Å²) >= 11 is 0. The Morgan fingerprint density at radius 2 is 0.881 bits per heavy atom. The van der Waals surface area contributed by atoms with Gasteiger partial charge >= 0.3 is 0 Å². The molecule has 0 N–H and O–H groups in total. The molecule has 7 nitrogen and oxygen atoms in total. The summed E-state index contributed by atoms with van der Waals surface area (Å²) in [5, 5.41) is 13.4. The number of rotatable bonds is 4. The van der Waals surface area contributed by atoms with Gasteiger partial charge in [-0.25, -0.2) is 19.5 Å². The fourth-order valence-electron chi connectivity index (χ4n) is 9.31. The normalized spacial score (nSPS) is 12.1. The van der Waals surface area contributed by atoms with Gasteiger partial charge in [0.1, 0.15) is 0 Å². The summed E-state index contributed by atoms with van der Waals surface area (Å²) in [5.74, 6) is 1.88. The zero-order valence-corrected chi connectivity index (χ0v) is 31.5. The third-order valence-corrected chi connectivity index (χ3v) is 11.9. The average molecular weight is 754 g/mol. The van der Waals surface area contributed by atoms with Gasteiger partial charge in [-0.05, 0) is 36.4 Å². The summed E-state index contributed by atoms with van der Waals surface area (Å²) in [5.41, 5.74) is 11.5. The molecule has 5 aromatic heterocycles. The topological polar surface area (TPSA) is 65.3 Å². The minimum absolute atomic E-state index is 0.614. The van der Waals surface area contributed by atoms with Crippen LogP contribution in [0.2, 0.25) is 0 Å². The van der Waals surface area contributed by atoms with E-state index in [0.717, 1.165) is 71.6 Å². The van der Waals surface area contributed by atoms with Crippen LogP contribution in [0.25, 0.3) is 116 Å². The van der Waals surface area contributed by atoms with Crippen molar-refractivity contribution in [3.63, 3.8) is 0 Å². The fraction of sp³-hybridized carbons (Fsp3) is 0. The maximum Gasteiger partial charge on any atom is 0.164 e. The number of aromatic nitrogens is 7. The second-order valence-electron chi connectivity index (χ2n) is 15.2. The molecule has 0 spiro atoms. The lowest BCUT2D eigenvalue weighted by molar-refractivity contribution is 1.01.